The van der Waals surface area contributed by atoms with Gasteiger partial charge >= 0.3 is 0 Å². The molecule has 2 atom stereocenters. The molecule has 1 N–H and O–H groups in total. The number of anilines is 2. The van der Waals surface area contributed by atoms with Crippen LogP contribution < -0.4 is 10.1 Å². The summed E-state index contributed by atoms with van der Waals surface area (Å²) in [6.45, 7) is 0. The van der Waals surface area contributed by atoms with Crippen LogP contribution in [0.5, 0.6) is 5.75 Å². The molecular weight excluding hydrogens is 246 g/mol. The third-order valence-electron chi connectivity index (χ3n) is 3.78. The molecule has 0 fully saturated rings. The summed E-state index contributed by atoms with van der Waals surface area (Å²) in [4.78, 5) is 0. The number of benzene rings is 2. The molecule has 2 aromatic carbocycles. The smallest absolute Gasteiger partial charge is 0.128 e. The van der Waals surface area contributed by atoms with E-state index in [9.17, 15) is 0 Å². The highest BCUT2D eigenvalue weighted by Crippen LogP contribution is 2.42. The monoisotopic (exact) mass is 261 g/mol. The molecule has 2 nitrogen and oxygen atoms in total. The molecule has 20 heavy (non-hydrogen) atoms. The van der Waals surface area contributed by atoms with E-state index in [2.05, 4.69) is 60.0 Å². The Morgan fingerprint density at radius 1 is 0.850 bits per heavy atom. The predicted octanol–water partition coefficient (Wildman–Crippen LogP) is 4.40. The van der Waals surface area contributed by atoms with Gasteiger partial charge in [-0.15, -0.1) is 0 Å². The van der Waals surface area contributed by atoms with Gasteiger partial charge in [-0.1, -0.05) is 42.5 Å². The van der Waals surface area contributed by atoms with Gasteiger partial charge in [0.15, 0.2) is 0 Å². The largest absolute Gasteiger partial charge is 0.485 e. The first-order valence-corrected chi connectivity index (χ1v) is 6.88. The molecule has 0 amide bonds. The van der Waals surface area contributed by atoms with Crippen molar-refractivity contribution in [2.24, 2.45) is 0 Å². The fraction of sp³-hybridized carbons (Fsp3) is 0.111. The normalized spacial score (nSPS) is 22.0. The highest BCUT2D eigenvalue weighted by molar-refractivity contribution is 5.64. The number of hydrogen-bond acceptors (Lipinski definition) is 2. The fourth-order valence-corrected chi connectivity index (χ4v) is 2.80. The summed E-state index contributed by atoms with van der Waals surface area (Å²) in [6.07, 6.45) is 8.63. The zero-order chi connectivity index (χ0) is 13.4. The maximum atomic E-state index is 6.01. The first-order valence-electron chi connectivity index (χ1n) is 6.88. The van der Waals surface area contributed by atoms with Crippen LogP contribution in [0.25, 0.3) is 0 Å². The molecule has 1 aliphatic carbocycles. The van der Waals surface area contributed by atoms with Gasteiger partial charge in [0.1, 0.15) is 11.9 Å². The van der Waals surface area contributed by atoms with Crippen molar-refractivity contribution < 1.29 is 4.74 Å². The van der Waals surface area contributed by atoms with E-state index in [1.54, 1.807) is 0 Å². The Hall–Kier alpha value is -2.48. The van der Waals surface area contributed by atoms with Gasteiger partial charge in [-0.05, 0) is 24.3 Å². The number of rotatable bonds is 2. The second-order valence-electron chi connectivity index (χ2n) is 5.12. The molecule has 2 aromatic rings. The minimum Gasteiger partial charge on any atom is -0.485 e. The van der Waals surface area contributed by atoms with Crippen molar-refractivity contribution in [3.63, 3.8) is 0 Å². The molecule has 0 aromatic heterocycles. The predicted molar refractivity (Wildman–Crippen MR) is 81.6 cm³/mol. The Labute approximate surface area is 118 Å². The molecule has 2 unspecified atom stereocenters. The minimum atomic E-state index is 0.155. The molecule has 2 heteroatoms. The lowest BCUT2D eigenvalue weighted by Gasteiger charge is -2.13. The molecule has 98 valence electrons. The molecule has 0 saturated heterocycles. The van der Waals surface area contributed by atoms with Crippen molar-refractivity contribution >= 4 is 11.4 Å². The average Bonchev–Trinajstić information content (AvgIpc) is 2.86. The van der Waals surface area contributed by atoms with E-state index in [1.807, 2.05) is 18.2 Å². The van der Waals surface area contributed by atoms with E-state index >= 15 is 0 Å². The molecule has 0 spiro atoms. The summed E-state index contributed by atoms with van der Waals surface area (Å²) in [5.41, 5.74) is 3.42. The third kappa shape index (κ3) is 1.90. The van der Waals surface area contributed by atoms with Crippen LogP contribution in [-0.2, 0) is 0 Å². The Kier molecular flexibility index (Phi) is 2.59. The SMILES string of the molecule is C1=CC2Oc3cc(Nc4ccccc4)ccc3C2C=C1. The third-order valence-corrected chi connectivity index (χ3v) is 3.78. The van der Waals surface area contributed by atoms with Crippen LogP contribution in [-0.4, -0.2) is 6.10 Å². The Bertz CT molecular complexity index is 688. The zero-order valence-corrected chi connectivity index (χ0v) is 11.0. The minimum absolute atomic E-state index is 0.155. The van der Waals surface area contributed by atoms with Crippen molar-refractivity contribution in [2.45, 2.75) is 12.0 Å². The van der Waals surface area contributed by atoms with E-state index in [-0.39, 0.29) is 6.10 Å². The molecule has 2 aliphatic rings. The number of hydrogen-bond donors (Lipinski definition) is 1. The summed E-state index contributed by atoms with van der Waals surface area (Å²) in [7, 11) is 0. The molecule has 0 radical (unpaired) electrons. The Balaban J connectivity index is 1.63. The summed E-state index contributed by atoms with van der Waals surface area (Å²) in [5, 5.41) is 3.40. The lowest BCUT2D eigenvalue weighted by molar-refractivity contribution is 0.269. The zero-order valence-electron chi connectivity index (χ0n) is 11.0. The van der Waals surface area contributed by atoms with E-state index in [0.29, 0.717) is 5.92 Å². The summed E-state index contributed by atoms with van der Waals surface area (Å²) >= 11 is 0. The Morgan fingerprint density at radius 2 is 1.70 bits per heavy atom. The van der Waals surface area contributed by atoms with Gasteiger partial charge in [-0.25, -0.2) is 0 Å². The summed E-state index contributed by atoms with van der Waals surface area (Å²) in [6, 6.07) is 16.5. The summed E-state index contributed by atoms with van der Waals surface area (Å²) in [5.74, 6) is 1.35. The Morgan fingerprint density at radius 3 is 2.60 bits per heavy atom. The van der Waals surface area contributed by atoms with Gasteiger partial charge in [-0.2, -0.15) is 0 Å². The quantitative estimate of drug-likeness (QED) is 0.865. The van der Waals surface area contributed by atoms with Crippen LogP contribution in [0.15, 0.2) is 72.8 Å². The van der Waals surface area contributed by atoms with Crippen LogP contribution in [0.3, 0.4) is 0 Å². The van der Waals surface area contributed by atoms with Gasteiger partial charge in [0.2, 0.25) is 0 Å². The average molecular weight is 261 g/mol. The van der Waals surface area contributed by atoms with Gasteiger partial charge in [0, 0.05) is 28.9 Å². The number of ether oxygens (including phenoxy) is 1. The highest BCUT2D eigenvalue weighted by Gasteiger charge is 2.31. The van der Waals surface area contributed by atoms with Crippen LogP contribution in [0.2, 0.25) is 0 Å². The van der Waals surface area contributed by atoms with Crippen molar-refractivity contribution in [3.8, 4) is 5.75 Å². The van der Waals surface area contributed by atoms with Crippen molar-refractivity contribution in [2.75, 3.05) is 5.32 Å². The second-order valence-corrected chi connectivity index (χ2v) is 5.12. The van der Waals surface area contributed by atoms with Gasteiger partial charge in [0.05, 0.1) is 0 Å². The number of allylic oxidation sites excluding steroid dienone is 2. The highest BCUT2D eigenvalue weighted by atomic mass is 16.5. The molecule has 0 saturated carbocycles. The van der Waals surface area contributed by atoms with E-state index < -0.39 is 0 Å². The molecule has 1 aliphatic heterocycles. The van der Waals surface area contributed by atoms with E-state index in [1.165, 1.54) is 5.56 Å². The second kappa shape index (κ2) is 4.57. The number of nitrogens with one attached hydrogen (secondary N) is 1. The summed E-state index contributed by atoms with van der Waals surface area (Å²) < 4.78 is 6.01. The molecule has 0 bridgehead atoms. The lowest BCUT2D eigenvalue weighted by atomic mass is 9.92. The van der Waals surface area contributed by atoms with Gasteiger partial charge in [-0.3, -0.25) is 0 Å². The molecular formula is C18H15NO. The maximum Gasteiger partial charge on any atom is 0.128 e. The first-order chi connectivity index (χ1) is 9.90. The van der Waals surface area contributed by atoms with Gasteiger partial charge in [0.25, 0.3) is 0 Å². The lowest BCUT2D eigenvalue weighted by Crippen LogP contribution is -2.15. The molecule has 1 heterocycles. The topological polar surface area (TPSA) is 21.3 Å². The maximum absolute atomic E-state index is 6.01. The number of para-hydroxylation sites is 1. The first kappa shape index (κ1) is 11.4. The van der Waals surface area contributed by atoms with Crippen LogP contribution in [0, 0.1) is 0 Å². The van der Waals surface area contributed by atoms with Gasteiger partial charge < -0.3 is 10.1 Å². The number of fused-ring (bicyclic) bond motifs is 3. The fourth-order valence-electron chi connectivity index (χ4n) is 2.80. The standard InChI is InChI=1S/C18H15NO/c1-2-6-13(7-3-1)19-14-10-11-16-15-8-4-5-9-17(15)20-18(16)12-14/h1-12,15,17,19H. The molecule has 4 rings (SSSR count). The van der Waals surface area contributed by atoms with Crippen LogP contribution >= 0.6 is 0 Å². The van der Waals surface area contributed by atoms with E-state index in [4.69, 9.17) is 4.74 Å². The van der Waals surface area contributed by atoms with E-state index in [0.717, 1.165) is 17.1 Å². The van der Waals surface area contributed by atoms with Crippen LogP contribution in [0.4, 0.5) is 11.4 Å². The van der Waals surface area contributed by atoms with Crippen molar-refractivity contribution in [1.29, 1.82) is 0 Å². The van der Waals surface area contributed by atoms with Crippen LogP contribution in [0.1, 0.15) is 11.5 Å². The van der Waals surface area contributed by atoms with Crippen molar-refractivity contribution in [3.05, 3.63) is 78.4 Å². The van der Waals surface area contributed by atoms with Crippen molar-refractivity contribution in [1.82, 2.24) is 0 Å².